The van der Waals surface area contributed by atoms with Crippen molar-refractivity contribution in [2.45, 2.75) is 58.4 Å². The molecule has 1 unspecified atom stereocenters. The molecular formula is C19H35N3O3. The van der Waals surface area contributed by atoms with Gasteiger partial charge in [0.15, 0.2) is 0 Å². The van der Waals surface area contributed by atoms with Gasteiger partial charge in [0.25, 0.3) is 0 Å². The van der Waals surface area contributed by atoms with E-state index in [2.05, 4.69) is 17.6 Å². The van der Waals surface area contributed by atoms with E-state index < -0.39 is 6.04 Å². The van der Waals surface area contributed by atoms with Gasteiger partial charge in [-0.05, 0) is 44.7 Å². The van der Waals surface area contributed by atoms with Gasteiger partial charge in [-0.15, -0.1) is 0 Å². The summed E-state index contributed by atoms with van der Waals surface area (Å²) in [7, 11) is 1.80. The number of nitrogens with zero attached hydrogens (tertiary/aromatic N) is 1. The fourth-order valence-electron chi connectivity index (χ4n) is 3.79. The summed E-state index contributed by atoms with van der Waals surface area (Å²) in [5.74, 6) is 0.180. The third-order valence-electron chi connectivity index (χ3n) is 5.95. The number of nitrogens with one attached hydrogen (secondary N) is 2. The molecule has 2 atom stereocenters. The highest BCUT2D eigenvalue weighted by Gasteiger charge is 2.41. The van der Waals surface area contributed by atoms with Gasteiger partial charge < -0.3 is 20.3 Å². The molecule has 2 heterocycles. The molecule has 0 saturated carbocycles. The number of ether oxygens (including phenoxy) is 1. The van der Waals surface area contributed by atoms with Gasteiger partial charge in [-0.3, -0.25) is 9.59 Å². The molecule has 144 valence electrons. The second-order valence-electron chi connectivity index (χ2n) is 7.70. The molecule has 2 aliphatic heterocycles. The van der Waals surface area contributed by atoms with E-state index in [1.165, 1.54) is 0 Å². The fourth-order valence-corrected chi connectivity index (χ4v) is 3.79. The normalized spacial score (nSPS) is 27.8. The number of carbonyl (C=O) groups is 2. The molecule has 2 aliphatic rings. The van der Waals surface area contributed by atoms with Crippen molar-refractivity contribution >= 4 is 11.8 Å². The predicted octanol–water partition coefficient (Wildman–Crippen LogP) is 1.55. The van der Waals surface area contributed by atoms with E-state index >= 15 is 0 Å². The van der Waals surface area contributed by atoms with Crippen molar-refractivity contribution in [3.8, 4) is 0 Å². The van der Waals surface area contributed by atoms with Gasteiger partial charge in [0, 0.05) is 20.2 Å². The topological polar surface area (TPSA) is 70.7 Å². The van der Waals surface area contributed by atoms with Crippen LogP contribution in [0.1, 0.15) is 52.4 Å². The minimum Gasteiger partial charge on any atom is -0.380 e. The van der Waals surface area contributed by atoms with Crippen LogP contribution in [0.15, 0.2) is 0 Å². The van der Waals surface area contributed by atoms with E-state index in [1.54, 1.807) is 11.9 Å². The Kier molecular flexibility index (Phi) is 7.69. The average Bonchev–Trinajstić information content (AvgIpc) is 2.64. The summed E-state index contributed by atoms with van der Waals surface area (Å²) in [5, 5.41) is 6.50. The zero-order valence-corrected chi connectivity index (χ0v) is 16.1. The predicted molar refractivity (Wildman–Crippen MR) is 98.2 cm³/mol. The van der Waals surface area contributed by atoms with Gasteiger partial charge in [0.2, 0.25) is 11.8 Å². The molecule has 0 aromatic rings. The molecule has 0 aliphatic carbocycles. The SMILES string of the molecule is CC[C@H](C)C1NC(=O)C2(CCCCOCCN(C)C1=O)CCNCC2. The van der Waals surface area contributed by atoms with Crippen LogP contribution in [0.25, 0.3) is 0 Å². The minimum atomic E-state index is -0.449. The first-order valence-corrected chi connectivity index (χ1v) is 9.84. The average molecular weight is 354 g/mol. The quantitative estimate of drug-likeness (QED) is 0.790. The molecule has 2 N–H and O–H groups in total. The molecule has 6 nitrogen and oxygen atoms in total. The zero-order chi connectivity index (χ0) is 18.3. The number of likely N-dealkylation sites (N-methyl/N-ethyl adjacent to an activating group) is 1. The van der Waals surface area contributed by atoms with Gasteiger partial charge in [-0.1, -0.05) is 26.7 Å². The summed E-state index contributed by atoms with van der Waals surface area (Å²) >= 11 is 0. The third-order valence-corrected chi connectivity index (χ3v) is 5.95. The van der Waals surface area contributed by atoms with Crippen LogP contribution in [-0.4, -0.2) is 62.7 Å². The van der Waals surface area contributed by atoms with E-state index in [9.17, 15) is 9.59 Å². The van der Waals surface area contributed by atoms with Crippen molar-refractivity contribution in [3.63, 3.8) is 0 Å². The van der Waals surface area contributed by atoms with Gasteiger partial charge in [0.1, 0.15) is 6.04 Å². The number of hydrogen-bond donors (Lipinski definition) is 2. The Morgan fingerprint density at radius 3 is 2.60 bits per heavy atom. The molecule has 0 bridgehead atoms. The monoisotopic (exact) mass is 353 g/mol. The summed E-state index contributed by atoms with van der Waals surface area (Å²) in [6, 6.07) is -0.449. The Morgan fingerprint density at radius 1 is 1.20 bits per heavy atom. The van der Waals surface area contributed by atoms with Gasteiger partial charge >= 0.3 is 0 Å². The molecular weight excluding hydrogens is 318 g/mol. The first-order chi connectivity index (χ1) is 12.0. The summed E-state index contributed by atoms with van der Waals surface area (Å²) in [6.45, 7) is 7.66. The summed E-state index contributed by atoms with van der Waals surface area (Å²) in [4.78, 5) is 27.8. The molecule has 0 radical (unpaired) electrons. The van der Waals surface area contributed by atoms with E-state index in [4.69, 9.17) is 4.74 Å². The summed E-state index contributed by atoms with van der Waals surface area (Å²) in [6.07, 6.45) is 5.38. The maximum atomic E-state index is 13.2. The molecule has 25 heavy (non-hydrogen) atoms. The van der Waals surface area contributed by atoms with Crippen LogP contribution >= 0.6 is 0 Å². The molecule has 2 saturated heterocycles. The third kappa shape index (κ3) is 5.17. The fraction of sp³-hybridized carbons (Fsp3) is 0.895. The number of hydrogen-bond acceptors (Lipinski definition) is 4. The Bertz CT molecular complexity index is 449. The van der Waals surface area contributed by atoms with Crippen LogP contribution in [0.4, 0.5) is 0 Å². The summed E-state index contributed by atoms with van der Waals surface area (Å²) in [5.41, 5.74) is -0.343. The number of piperidine rings is 1. The second kappa shape index (κ2) is 9.53. The van der Waals surface area contributed by atoms with Crippen LogP contribution in [-0.2, 0) is 14.3 Å². The molecule has 1 spiro atoms. The van der Waals surface area contributed by atoms with Crippen molar-refractivity contribution in [2.24, 2.45) is 11.3 Å². The van der Waals surface area contributed by atoms with Gasteiger partial charge in [0.05, 0.1) is 12.0 Å². The van der Waals surface area contributed by atoms with Crippen molar-refractivity contribution in [1.82, 2.24) is 15.5 Å². The standard InChI is InChI=1S/C19H35N3O3/c1-4-15(2)16-17(23)22(3)12-14-25-13-6-5-7-19(18(24)21-16)8-10-20-11-9-19/h15-16,20H,4-14H2,1-3H3,(H,21,24)/t15-,16?/m0/s1. The van der Waals surface area contributed by atoms with Gasteiger partial charge in [-0.2, -0.15) is 0 Å². The Hall–Kier alpha value is -1.14. The van der Waals surface area contributed by atoms with Crippen LogP contribution in [0, 0.1) is 11.3 Å². The maximum absolute atomic E-state index is 13.2. The van der Waals surface area contributed by atoms with Crippen LogP contribution in [0.5, 0.6) is 0 Å². The highest BCUT2D eigenvalue weighted by molar-refractivity contribution is 5.90. The van der Waals surface area contributed by atoms with Crippen molar-refractivity contribution < 1.29 is 14.3 Å². The highest BCUT2D eigenvalue weighted by Crippen LogP contribution is 2.35. The lowest BCUT2D eigenvalue weighted by molar-refractivity contribution is -0.141. The van der Waals surface area contributed by atoms with Crippen LogP contribution in [0.2, 0.25) is 0 Å². The lowest BCUT2D eigenvalue weighted by Crippen LogP contribution is -2.56. The Morgan fingerprint density at radius 2 is 1.92 bits per heavy atom. The van der Waals surface area contributed by atoms with E-state index in [0.29, 0.717) is 19.8 Å². The maximum Gasteiger partial charge on any atom is 0.245 e. The zero-order valence-electron chi connectivity index (χ0n) is 16.1. The van der Waals surface area contributed by atoms with E-state index in [1.807, 2.05) is 6.92 Å². The lowest BCUT2D eigenvalue weighted by Gasteiger charge is -2.38. The second-order valence-corrected chi connectivity index (χ2v) is 7.70. The lowest BCUT2D eigenvalue weighted by atomic mass is 9.73. The van der Waals surface area contributed by atoms with Crippen molar-refractivity contribution in [2.75, 3.05) is 39.9 Å². The smallest absolute Gasteiger partial charge is 0.245 e. The first kappa shape index (κ1) is 20.2. The number of carbonyl (C=O) groups excluding carboxylic acids is 2. The molecule has 2 rings (SSSR count). The van der Waals surface area contributed by atoms with Crippen molar-refractivity contribution in [3.05, 3.63) is 0 Å². The highest BCUT2D eigenvalue weighted by atomic mass is 16.5. The molecule has 2 fully saturated rings. The molecule has 0 aromatic heterocycles. The molecule has 0 aromatic carbocycles. The summed E-state index contributed by atoms with van der Waals surface area (Å²) < 4.78 is 5.68. The minimum absolute atomic E-state index is 0.00497. The number of rotatable bonds is 2. The van der Waals surface area contributed by atoms with Gasteiger partial charge in [-0.25, -0.2) is 0 Å². The largest absolute Gasteiger partial charge is 0.380 e. The first-order valence-electron chi connectivity index (χ1n) is 9.84. The van der Waals surface area contributed by atoms with Crippen molar-refractivity contribution in [1.29, 1.82) is 0 Å². The van der Waals surface area contributed by atoms with E-state index in [0.717, 1.165) is 51.6 Å². The molecule has 2 amide bonds. The van der Waals surface area contributed by atoms with Crippen LogP contribution in [0.3, 0.4) is 0 Å². The number of amides is 2. The molecule has 6 heteroatoms. The van der Waals surface area contributed by atoms with E-state index in [-0.39, 0.29) is 23.1 Å². The Balaban J connectivity index is 2.23. The van der Waals surface area contributed by atoms with Crippen LogP contribution < -0.4 is 10.6 Å². The Labute approximate surface area is 152 Å².